The second-order valence-corrected chi connectivity index (χ2v) is 4.96. The van der Waals surface area contributed by atoms with Crippen LogP contribution in [0.3, 0.4) is 0 Å². The average Bonchev–Trinajstić information content (AvgIpc) is 2.38. The maximum atomic E-state index is 5.24. The van der Waals surface area contributed by atoms with Crippen LogP contribution in [0.25, 0.3) is 0 Å². The summed E-state index contributed by atoms with van der Waals surface area (Å²) in [5, 5.41) is 3.51. The van der Waals surface area contributed by atoms with Crippen LogP contribution in [0.2, 0.25) is 0 Å². The summed E-state index contributed by atoms with van der Waals surface area (Å²) in [5.41, 5.74) is 5.03. The zero-order chi connectivity index (χ0) is 13.8. The van der Waals surface area contributed by atoms with Crippen LogP contribution in [-0.2, 0) is 0 Å². The predicted molar refractivity (Wildman–Crippen MR) is 80.9 cm³/mol. The molecule has 0 spiro atoms. The number of aryl methyl sites for hydroxylation is 2. The van der Waals surface area contributed by atoms with E-state index in [9.17, 15) is 0 Å². The Kier molecular flexibility index (Phi) is 4.10. The van der Waals surface area contributed by atoms with E-state index < -0.39 is 0 Å². The fourth-order valence-corrected chi connectivity index (χ4v) is 2.35. The summed E-state index contributed by atoms with van der Waals surface area (Å²) in [6, 6.07) is 14.9. The van der Waals surface area contributed by atoms with Crippen molar-refractivity contribution in [3.8, 4) is 5.75 Å². The lowest BCUT2D eigenvalue weighted by molar-refractivity contribution is 0.415. The van der Waals surface area contributed by atoms with E-state index in [4.69, 9.17) is 4.74 Å². The Labute approximate surface area is 115 Å². The summed E-state index contributed by atoms with van der Waals surface area (Å²) in [5.74, 6) is 0.873. The Morgan fingerprint density at radius 1 is 1.05 bits per heavy atom. The molecule has 2 heteroatoms. The molecule has 0 fully saturated rings. The first kappa shape index (κ1) is 13.5. The van der Waals surface area contributed by atoms with E-state index in [0.29, 0.717) is 0 Å². The smallest absolute Gasteiger partial charge is 0.120 e. The molecule has 2 rings (SSSR count). The highest BCUT2D eigenvalue weighted by atomic mass is 16.5. The molecule has 0 aliphatic carbocycles. The Hall–Kier alpha value is -1.96. The first-order valence-corrected chi connectivity index (χ1v) is 6.58. The fraction of sp³-hybridized carbons (Fsp3) is 0.294. The molecule has 2 nitrogen and oxygen atoms in total. The van der Waals surface area contributed by atoms with Crippen molar-refractivity contribution in [3.05, 3.63) is 59.2 Å². The lowest BCUT2D eigenvalue weighted by Crippen LogP contribution is -2.08. The van der Waals surface area contributed by atoms with E-state index in [-0.39, 0.29) is 6.04 Å². The molecule has 0 heterocycles. The number of hydrogen-bond donors (Lipinski definition) is 1. The molecule has 0 bridgehead atoms. The number of benzene rings is 2. The summed E-state index contributed by atoms with van der Waals surface area (Å²) in [6.07, 6.45) is 0. The molecular weight excluding hydrogens is 234 g/mol. The van der Waals surface area contributed by atoms with Gasteiger partial charge in [-0.3, -0.25) is 0 Å². The van der Waals surface area contributed by atoms with Crippen LogP contribution in [0.4, 0.5) is 5.69 Å². The molecule has 0 aliphatic heterocycles. The Balaban J connectivity index is 2.17. The van der Waals surface area contributed by atoms with Crippen LogP contribution >= 0.6 is 0 Å². The van der Waals surface area contributed by atoms with Crippen molar-refractivity contribution >= 4 is 5.69 Å². The number of nitrogens with one attached hydrogen (secondary N) is 1. The van der Waals surface area contributed by atoms with E-state index in [1.54, 1.807) is 7.11 Å². The number of anilines is 1. The minimum atomic E-state index is 0.271. The lowest BCUT2D eigenvalue weighted by Gasteiger charge is -2.18. The molecule has 0 saturated carbocycles. The first-order valence-electron chi connectivity index (χ1n) is 6.58. The number of rotatable bonds is 4. The minimum absolute atomic E-state index is 0.271. The highest BCUT2D eigenvalue weighted by Gasteiger charge is 2.08. The molecule has 1 atom stereocenters. The summed E-state index contributed by atoms with van der Waals surface area (Å²) in [7, 11) is 1.69. The van der Waals surface area contributed by atoms with Gasteiger partial charge < -0.3 is 10.1 Å². The van der Waals surface area contributed by atoms with Gasteiger partial charge in [-0.15, -0.1) is 0 Å². The molecule has 2 aromatic rings. The standard InChI is InChI=1S/C17H21NO/c1-12-8-9-17(13(2)10-12)14(3)18-15-6-5-7-16(11-15)19-4/h5-11,14,18H,1-4H3. The van der Waals surface area contributed by atoms with E-state index in [2.05, 4.69) is 50.4 Å². The van der Waals surface area contributed by atoms with Crippen LogP contribution < -0.4 is 10.1 Å². The number of methoxy groups -OCH3 is 1. The van der Waals surface area contributed by atoms with Gasteiger partial charge in [-0.05, 0) is 44.0 Å². The van der Waals surface area contributed by atoms with E-state index in [0.717, 1.165) is 11.4 Å². The molecule has 1 N–H and O–H groups in total. The molecular formula is C17H21NO. The predicted octanol–water partition coefficient (Wildman–Crippen LogP) is 4.49. The van der Waals surface area contributed by atoms with Gasteiger partial charge >= 0.3 is 0 Å². The third-order valence-corrected chi connectivity index (χ3v) is 3.34. The van der Waals surface area contributed by atoms with Crippen molar-refractivity contribution in [2.75, 3.05) is 12.4 Å². The van der Waals surface area contributed by atoms with E-state index in [1.807, 2.05) is 18.2 Å². The molecule has 0 saturated heterocycles. The molecule has 0 radical (unpaired) electrons. The maximum absolute atomic E-state index is 5.24. The van der Waals surface area contributed by atoms with Crippen molar-refractivity contribution in [2.24, 2.45) is 0 Å². The van der Waals surface area contributed by atoms with Gasteiger partial charge in [-0.1, -0.05) is 29.8 Å². The van der Waals surface area contributed by atoms with Gasteiger partial charge in [0.15, 0.2) is 0 Å². The number of hydrogen-bond acceptors (Lipinski definition) is 2. The van der Waals surface area contributed by atoms with Crippen molar-refractivity contribution in [3.63, 3.8) is 0 Å². The van der Waals surface area contributed by atoms with E-state index in [1.165, 1.54) is 16.7 Å². The van der Waals surface area contributed by atoms with Crippen LogP contribution in [0.1, 0.15) is 29.7 Å². The van der Waals surface area contributed by atoms with Crippen LogP contribution in [-0.4, -0.2) is 7.11 Å². The maximum Gasteiger partial charge on any atom is 0.120 e. The topological polar surface area (TPSA) is 21.3 Å². The zero-order valence-electron chi connectivity index (χ0n) is 12.0. The van der Waals surface area contributed by atoms with Crippen molar-refractivity contribution in [1.82, 2.24) is 0 Å². The second-order valence-electron chi connectivity index (χ2n) is 4.96. The third-order valence-electron chi connectivity index (χ3n) is 3.34. The van der Waals surface area contributed by atoms with Gasteiger partial charge in [-0.2, -0.15) is 0 Å². The Morgan fingerprint density at radius 2 is 1.84 bits per heavy atom. The quantitative estimate of drug-likeness (QED) is 0.869. The minimum Gasteiger partial charge on any atom is -0.497 e. The molecule has 2 aromatic carbocycles. The SMILES string of the molecule is COc1cccc(NC(C)c2ccc(C)cc2C)c1. The van der Waals surface area contributed by atoms with Crippen molar-refractivity contribution in [2.45, 2.75) is 26.8 Å². The molecule has 19 heavy (non-hydrogen) atoms. The van der Waals surface area contributed by atoms with Crippen LogP contribution in [0.5, 0.6) is 5.75 Å². The highest BCUT2D eigenvalue weighted by molar-refractivity contribution is 5.50. The van der Waals surface area contributed by atoms with Gasteiger partial charge in [-0.25, -0.2) is 0 Å². The van der Waals surface area contributed by atoms with Gasteiger partial charge in [0, 0.05) is 17.8 Å². The lowest BCUT2D eigenvalue weighted by atomic mass is 10.00. The van der Waals surface area contributed by atoms with Crippen molar-refractivity contribution < 1.29 is 4.74 Å². The summed E-state index contributed by atoms with van der Waals surface area (Å²) in [4.78, 5) is 0. The largest absolute Gasteiger partial charge is 0.497 e. The molecule has 0 aromatic heterocycles. The third kappa shape index (κ3) is 3.28. The highest BCUT2D eigenvalue weighted by Crippen LogP contribution is 2.25. The normalized spacial score (nSPS) is 12.0. The Morgan fingerprint density at radius 3 is 2.53 bits per heavy atom. The molecule has 0 aliphatic rings. The monoisotopic (exact) mass is 255 g/mol. The van der Waals surface area contributed by atoms with Gasteiger partial charge in [0.1, 0.15) is 5.75 Å². The second kappa shape index (κ2) is 5.79. The summed E-state index contributed by atoms with van der Waals surface area (Å²) >= 11 is 0. The van der Waals surface area contributed by atoms with Crippen LogP contribution in [0.15, 0.2) is 42.5 Å². The first-order chi connectivity index (χ1) is 9.10. The van der Waals surface area contributed by atoms with Gasteiger partial charge in [0.05, 0.1) is 7.11 Å². The molecule has 1 unspecified atom stereocenters. The fourth-order valence-electron chi connectivity index (χ4n) is 2.35. The average molecular weight is 255 g/mol. The van der Waals surface area contributed by atoms with E-state index >= 15 is 0 Å². The zero-order valence-corrected chi connectivity index (χ0v) is 12.0. The summed E-state index contributed by atoms with van der Waals surface area (Å²) < 4.78 is 5.24. The summed E-state index contributed by atoms with van der Waals surface area (Å²) in [6.45, 7) is 6.46. The number of ether oxygens (including phenoxy) is 1. The van der Waals surface area contributed by atoms with Crippen molar-refractivity contribution in [1.29, 1.82) is 0 Å². The molecule has 0 amide bonds. The molecule has 100 valence electrons. The Bertz CT molecular complexity index is 563. The van der Waals surface area contributed by atoms with Crippen LogP contribution in [0, 0.1) is 13.8 Å². The van der Waals surface area contributed by atoms with Gasteiger partial charge in [0.2, 0.25) is 0 Å². The van der Waals surface area contributed by atoms with Gasteiger partial charge in [0.25, 0.3) is 0 Å².